The monoisotopic (exact) mass is 546 g/mol. The van der Waals surface area contributed by atoms with Crippen molar-refractivity contribution >= 4 is 22.9 Å². The average Bonchev–Trinajstić information content (AvgIpc) is 3.29. The molecule has 0 aliphatic carbocycles. The first kappa shape index (κ1) is 27.4. The van der Waals surface area contributed by atoms with Crippen LogP contribution in [-0.4, -0.2) is 86.7 Å². The predicted molar refractivity (Wildman–Crippen MR) is 152 cm³/mol. The summed E-state index contributed by atoms with van der Waals surface area (Å²) in [4.78, 5) is 38.9. The molecule has 4 aromatic rings. The Kier molecular flexibility index (Phi) is 7.66. The van der Waals surface area contributed by atoms with Crippen molar-refractivity contribution in [1.82, 2.24) is 34.7 Å². The molecule has 10 nitrogen and oxygen atoms in total. The van der Waals surface area contributed by atoms with Crippen molar-refractivity contribution in [2.24, 2.45) is 0 Å². The Hall–Kier alpha value is -4.12. The van der Waals surface area contributed by atoms with Gasteiger partial charge in [0.1, 0.15) is 23.4 Å². The zero-order chi connectivity index (χ0) is 28.4. The zero-order valence-corrected chi connectivity index (χ0v) is 23.6. The number of amides is 1. The summed E-state index contributed by atoms with van der Waals surface area (Å²) in [7, 11) is 3.49. The second-order valence-electron chi connectivity index (χ2n) is 11.2. The second-order valence-corrected chi connectivity index (χ2v) is 11.2. The van der Waals surface area contributed by atoms with Crippen molar-refractivity contribution in [3.05, 3.63) is 65.8 Å². The number of imidazole rings is 1. The lowest BCUT2D eigenvalue weighted by Crippen LogP contribution is -2.49. The lowest BCUT2D eigenvalue weighted by molar-refractivity contribution is 0.0139. The number of aromatic nitrogens is 5. The number of pyridine rings is 1. The van der Waals surface area contributed by atoms with Crippen LogP contribution >= 0.6 is 0 Å². The van der Waals surface area contributed by atoms with Crippen LogP contribution in [0.3, 0.4) is 0 Å². The normalized spacial score (nSPS) is 14.5. The number of fused-ring (bicyclic) bond motifs is 1. The molecule has 210 valence electrons. The Morgan fingerprint density at radius 3 is 2.58 bits per heavy atom. The minimum atomic E-state index is -0.492. The summed E-state index contributed by atoms with van der Waals surface area (Å²) >= 11 is 0. The Balaban J connectivity index is 1.24. The molecule has 1 saturated heterocycles. The quantitative estimate of drug-likeness (QED) is 0.383. The third-order valence-electron chi connectivity index (χ3n) is 6.66. The number of benzene rings is 1. The first-order valence-electron chi connectivity index (χ1n) is 13.4. The highest BCUT2D eigenvalue weighted by atomic mass is 19.1. The van der Waals surface area contributed by atoms with Gasteiger partial charge in [-0.3, -0.25) is 9.88 Å². The van der Waals surface area contributed by atoms with E-state index >= 15 is 0 Å². The number of ether oxygens (including phenoxy) is 1. The molecule has 0 saturated carbocycles. The van der Waals surface area contributed by atoms with Gasteiger partial charge in [-0.25, -0.2) is 24.1 Å². The first-order chi connectivity index (χ1) is 19.1. The molecule has 1 N–H and O–H groups in total. The topological polar surface area (TPSA) is 103 Å². The lowest BCUT2D eigenvalue weighted by Gasteiger charge is -2.35. The summed E-state index contributed by atoms with van der Waals surface area (Å²) in [6, 6.07) is 9.66. The summed E-state index contributed by atoms with van der Waals surface area (Å²) in [6.07, 6.45) is 3.48. The molecule has 1 aliphatic rings. The molecule has 0 atom stereocenters. The van der Waals surface area contributed by atoms with E-state index < -0.39 is 11.4 Å². The van der Waals surface area contributed by atoms with Gasteiger partial charge in [0.2, 0.25) is 0 Å². The van der Waals surface area contributed by atoms with Crippen LogP contribution in [-0.2, 0) is 17.7 Å². The van der Waals surface area contributed by atoms with Gasteiger partial charge in [0.25, 0.3) is 0 Å². The number of carbonyl (C=O) groups excluding carboxylic acids is 1. The maximum absolute atomic E-state index is 15.0. The van der Waals surface area contributed by atoms with E-state index in [9.17, 15) is 9.18 Å². The number of rotatable bonds is 6. The van der Waals surface area contributed by atoms with E-state index in [4.69, 9.17) is 9.72 Å². The standard InChI is InChI=1S/C29H35FN8O2/c1-29(2,3)40-28(39)38-12-10-37(11-13-38)17-19-8-9-31-21(14-19)16-24-34-22-7-6-20(15-23(22)35-24)26-25(30)27(36(4)5)33-18-32-26/h6-9,14-15,18H,10-13,16-17H2,1-5H3,(H,34,35). The van der Waals surface area contributed by atoms with E-state index in [1.54, 1.807) is 23.9 Å². The summed E-state index contributed by atoms with van der Waals surface area (Å²) < 4.78 is 20.5. The predicted octanol–water partition coefficient (Wildman–Crippen LogP) is 4.26. The van der Waals surface area contributed by atoms with Gasteiger partial charge in [0.15, 0.2) is 11.6 Å². The van der Waals surface area contributed by atoms with Gasteiger partial charge in [-0.05, 0) is 50.6 Å². The third-order valence-corrected chi connectivity index (χ3v) is 6.66. The molecule has 5 rings (SSSR count). The van der Waals surface area contributed by atoms with Crippen LogP contribution in [0.25, 0.3) is 22.3 Å². The molecule has 3 aromatic heterocycles. The molecular weight excluding hydrogens is 511 g/mol. The van der Waals surface area contributed by atoms with Crippen molar-refractivity contribution in [2.75, 3.05) is 45.2 Å². The molecule has 40 heavy (non-hydrogen) atoms. The fourth-order valence-corrected chi connectivity index (χ4v) is 4.74. The minimum Gasteiger partial charge on any atom is -0.444 e. The Morgan fingerprint density at radius 1 is 1.07 bits per heavy atom. The molecule has 1 amide bonds. The Labute approximate surface area is 233 Å². The highest BCUT2D eigenvalue weighted by Gasteiger charge is 2.26. The van der Waals surface area contributed by atoms with E-state index in [1.807, 2.05) is 51.2 Å². The van der Waals surface area contributed by atoms with Crippen molar-refractivity contribution in [3.63, 3.8) is 0 Å². The number of aromatic amines is 1. The average molecular weight is 547 g/mol. The van der Waals surface area contributed by atoms with Crippen LogP contribution in [0.5, 0.6) is 0 Å². The molecule has 0 radical (unpaired) electrons. The number of anilines is 1. The molecular formula is C29H35FN8O2. The van der Waals surface area contributed by atoms with Gasteiger partial charge in [-0.1, -0.05) is 6.07 Å². The lowest BCUT2D eigenvalue weighted by atomic mass is 10.1. The Morgan fingerprint density at radius 2 is 1.85 bits per heavy atom. The van der Waals surface area contributed by atoms with Gasteiger partial charge in [-0.15, -0.1) is 0 Å². The van der Waals surface area contributed by atoms with Crippen LogP contribution in [0.1, 0.15) is 37.9 Å². The fourth-order valence-electron chi connectivity index (χ4n) is 4.74. The molecule has 4 heterocycles. The maximum atomic E-state index is 15.0. The number of hydrogen-bond acceptors (Lipinski definition) is 8. The number of piperazine rings is 1. The number of carbonyl (C=O) groups is 1. The number of halogens is 1. The van der Waals surface area contributed by atoms with Crippen LogP contribution in [0, 0.1) is 5.82 Å². The van der Waals surface area contributed by atoms with E-state index in [1.165, 1.54) is 6.33 Å². The van der Waals surface area contributed by atoms with E-state index in [-0.39, 0.29) is 17.6 Å². The van der Waals surface area contributed by atoms with Gasteiger partial charge in [0.05, 0.1) is 11.0 Å². The number of nitrogens with zero attached hydrogens (tertiary/aromatic N) is 7. The summed E-state index contributed by atoms with van der Waals surface area (Å²) in [6.45, 7) is 9.27. The largest absolute Gasteiger partial charge is 0.444 e. The van der Waals surface area contributed by atoms with Crippen LogP contribution in [0.2, 0.25) is 0 Å². The van der Waals surface area contributed by atoms with Crippen LogP contribution in [0.4, 0.5) is 15.0 Å². The molecule has 1 aliphatic heterocycles. The first-order valence-corrected chi connectivity index (χ1v) is 13.4. The van der Waals surface area contributed by atoms with Gasteiger partial charge in [0, 0.05) is 70.7 Å². The molecule has 0 bridgehead atoms. The fraction of sp³-hybridized carbons (Fsp3) is 0.414. The highest BCUT2D eigenvalue weighted by molar-refractivity contribution is 5.81. The van der Waals surface area contributed by atoms with Gasteiger partial charge >= 0.3 is 6.09 Å². The summed E-state index contributed by atoms with van der Waals surface area (Å²) in [5.41, 5.74) is 4.06. The number of hydrogen-bond donors (Lipinski definition) is 1. The highest BCUT2D eigenvalue weighted by Crippen LogP contribution is 2.27. The van der Waals surface area contributed by atoms with Gasteiger partial charge < -0.3 is 19.5 Å². The van der Waals surface area contributed by atoms with Crippen molar-refractivity contribution in [3.8, 4) is 11.3 Å². The zero-order valence-electron chi connectivity index (χ0n) is 23.6. The summed E-state index contributed by atoms with van der Waals surface area (Å²) in [5, 5.41) is 0. The molecule has 0 unspecified atom stereocenters. The number of H-pyrrole nitrogens is 1. The molecule has 1 aromatic carbocycles. The molecule has 0 spiro atoms. The van der Waals surface area contributed by atoms with Gasteiger partial charge in [-0.2, -0.15) is 0 Å². The number of nitrogens with one attached hydrogen (secondary N) is 1. The minimum absolute atomic E-state index is 0.242. The van der Waals surface area contributed by atoms with Crippen LogP contribution < -0.4 is 4.90 Å². The molecule has 11 heteroatoms. The van der Waals surface area contributed by atoms with Crippen molar-refractivity contribution in [2.45, 2.75) is 39.3 Å². The molecule has 1 fully saturated rings. The Bertz CT molecular complexity index is 1510. The smallest absolute Gasteiger partial charge is 0.410 e. The maximum Gasteiger partial charge on any atom is 0.410 e. The SMILES string of the molecule is CN(C)c1ncnc(-c2ccc3nc(Cc4cc(CN5CCN(C(=O)OC(C)(C)C)CC5)ccn4)[nH]c3c2)c1F. The van der Waals surface area contributed by atoms with Crippen molar-refractivity contribution < 1.29 is 13.9 Å². The summed E-state index contributed by atoms with van der Waals surface area (Å²) in [5.74, 6) is 0.560. The van der Waals surface area contributed by atoms with E-state index in [0.29, 0.717) is 25.1 Å². The third kappa shape index (κ3) is 6.36. The van der Waals surface area contributed by atoms with Crippen molar-refractivity contribution in [1.29, 1.82) is 0 Å². The van der Waals surface area contributed by atoms with E-state index in [0.717, 1.165) is 47.7 Å². The van der Waals surface area contributed by atoms with Crippen LogP contribution in [0.15, 0.2) is 42.9 Å². The van der Waals surface area contributed by atoms with E-state index in [2.05, 4.69) is 30.9 Å². The second kappa shape index (κ2) is 11.2.